The summed E-state index contributed by atoms with van der Waals surface area (Å²) in [4.78, 5) is 18.8. The Labute approximate surface area is 126 Å². The van der Waals surface area contributed by atoms with Crippen LogP contribution in [-0.2, 0) is 6.42 Å². The molecule has 1 aliphatic rings. The van der Waals surface area contributed by atoms with E-state index in [9.17, 15) is 4.79 Å². The van der Waals surface area contributed by atoms with E-state index in [0.29, 0.717) is 11.6 Å². The minimum Gasteiger partial charge on any atom is -0.306 e. The van der Waals surface area contributed by atoms with Gasteiger partial charge in [-0.2, -0.15) is 0 Å². The first-order valence-corrected chi connectivity index (χ1v) is 7.46. The molecule has 0 saturated heterocycles. The summed E-state index contributed by atoms with van der Waals surface area (Å²) in [5, 5.41) is 0. The molecule has 4 heteroatoms. The van der Waals surface area contributed by atoms with Crippen molar-refractivity contribution >= 4 is 27.5 Å². The zero-order valence-electron chi connectivity index (χ0n) is 11.2. The summed E-state index contributed by atoms with van der Waals surface area (Å²) in [6.45, 7) is 2.91. The summed E-state index contributed by atoms with van der Waals surface area (Å²) in [6, 6.07) is 11.8. The highest BCUT2D eigenvalue weighted by atomic mass is 79.9. The summed E-state index contributed by atoms with van der Waals surface area (Å²) in [6.07, 6.45) is 2.67. The topological polar surface area (TPSA) is 33.2 Å². The highest BCUT2D eigenvalue weighted by Crippen LogP contribution is 2.31. The second kappa shape index (κ2) is 5.37. The Hall–Kier alpha value is -1.68. The van der Waals surface area contributed by atoms with Gasteiger partial charge in [0.15, 0.2) is 0 Å². The van der Waals surface area contributed by atoms with Gasteiger partial charge in [-0.1, -0.05) is 25.1 Å². The number of benzene rings is 1. The molecule has 1 amide bonds. The highest BCUT2D eigenvalue weighted by Gasteiger charge is 2.28. The lowest BCUT2D eigenvalue weighted by molar-refractivity contribution is 0.0975. The average Bonchev–Trinajstić information content (AvgIpc) is 2.46. The van der Waals surface area contributed by atoms with Gasteiger partial charge in [-0.15, -0.1) is 0 Å². The first kappa shape index (κ1) is 13.3. The van der Waals surface area contributed by atoms with E-state index in [-0.39, 0.29) is 5.91 Å². The summed E-state index contributed by atoms with van der Waals surface area (Å²) in [7, 11) is 0. The number of hydrogen-bond acceptors (Lipinski definition) is 2. The third-order valence-electron chi connectivity index (χ3n) is 3.55. The van der Waals surface area contributed by atoms with Crippen molar-refractivity contribution in [2.45, 2.75) is 13.3 Å². The molecule has 1 atom stereocenters. The van der Waals surface area contributed by atoms with Crippen LogP contribution in [0.2, 0.25) is 0 Å². The SMILES string of the molecule is CC1Cc2ccccc2N(C(=O)c2ncccc2Br)C1. The zero-order valence-corrected chi connectivity index (χ0v) is 12.8. The van der Waals surface area contributed by atoms with Crippen molar-refractivity contribution < 1.29 is 4.79 Å². The average molecular weight is 331 g/mol. The molecule has 3 nitrogen and oxygen atoms in total. The van der Waals surface area contributed by atoms with Crippen molar-refractivity contribution in [3.8, 4) is 0 Å². The van der Waals surface area contributed by atoms with Gasteiger partial charge in [0.2, 0.25) is 0 Å². The summed E-state index contributed by atoms with van der Waals surface area (Å²) in [5.74, 6) is 0.410. The Morgan fingerprint density at radius 2 is 2.10 bits per heavy atom. The zero-order chi connectivity index (χ0) is 14.1. The van der Waals surface area contributed by atoms with Crippen LogP contribution in [0.4, 0.5) is 5.69 Å². The largest absolute Gasteiger partial charge is 0.306 e. The third-order valence-corrected chi connectivity index (χ3v) is 4.19. The number of para-hydroxylation sites is 1. The number of carbonyl (C=O) groups excluding carboxylic acids is 1. The molecule has 1 unspecified atom stereocenters. The van der Waals surface area contributed by atoms with Gasteiger partial charge in [-0.3, -0.25) is 4.79 Å². The molecule has 0 aliphatic carbocycles. The van der Waals surface area contributed by atoms with Crippen LogP contribution in [0.15, 0.2) is 47.1 Å². The Kier molecular flexibility index (Phi) is 3.57. The molecule has 102 valence electrons. The molecule has 1 aromatic carbocycles. The lowest BCUT2D eigenvalue weighted by atomic mass is 9.93. The summed E-state index contributed by atoms with van der Waals surface area (Å²) in [5.41, 5.74) is 2.70. The number of carbonyl (C=O) groups is 1. The first-order valence-electron chi connectivity index (χ1n) is 6.67. The van der Waals surface area contributed by atoms with Gasteiger partial charge in [0.1, 0.15) is 5.69 Å². The highest BCUT2D eigenvalue weighted by molar-refractivity contribution is 9.10. The van der Waals surface area contributed by atoms with Crippen LogP contribution in [0, 0.1) is 5.92 Å². The fraction of sp³-hybridized carbons (Fsp3) is 0.250. The summed E-state index contributed by atoms with van der Waals surface area (Å²) >= 11 is 3.41. The number of amides is 1. The van der Waals surface area contributed by atoms with E-state index >= 15 is 0 Å². The van der Waals surface area contributed by atoms with Crippen molar-refractivity contribution in [1.29, 1.82) is 0 Å². The van der Waals surface area contributed by atoms with Gasteiger partial charge in [0.05, 0.1) is 0 Å². The van der Waals surface area contributed by atoms with E-state index in [4.69, 9.17) is 0 Å². The minimum absolute atomic E-state index is 0.0449. The molecule has 1 aromatic heterocycles. The van der Waals surface area contributed by atoms with Crippen molar-refractivity contribution in [2.24, 2.45) is 5.92 Å². The Morgan fingerprint density at radius 1 is 1.30 bits per heavy atom. The monoisotopic (exact) mass is 330 g/mol. The van der Waals surface area contributed by atoms with Crippen molar-refractivity contribution in [2.75, 3.05) is 11.4 Å². The summed E-state index contributed by atoms with van der Waals surface area (Å²) < 4.78 is 0.737. The molecular formula is C16H15BrN2O. The molecule has 0 saturated carbocycles. The number of rotatable bonds is 1. The number of pyridine rings is 1. The Bertz CT molecular complexity index is 656. The van der Waals surface area contributed by atoms with Gasteiger partial charge >= 0.3 is 0 Å². The van der Waals surface area contributed by atoms with Crippen LogP contribution in [-0.4, -0.2) is 17.4 Å². The Morgan fingerprint density at radius 3 is 2.90 bits per heavy atom. The first-order chi connectivity index (χ1) is 9.66. The standard InChI is InChI=1S/C16H15BrN2O/c1-11-9-12-5-2-3-7-14(12)19(10-11)16(20)15-13(17)6-4-8-18-15/h2-8,11H,9-10H2,1H3. The lowest BCUT2D eigenvalue weighted by Crippen LogP contribution is -2.39. The quantitative estimate of drug-likeness (QED) is 0.799. The smallest absolute Gasteiger partial charge is 0.278 e. The van der Waals surface area contributed by atoms with E-state index in [1.807, 2.05) is 35.2 Å². The van der Waals surface area contributed by atoms with Crippen molar-refractivity contribution in [3.05, 3.63) is 58.3 Å². The fourth-order valence-electron chi connectivity index (χ4n) is 2.66. The molecule has 1 aliphatic heterocycles. The molecule has 2 aromatic rings. The van der Waals surface area contributed by atoms with Crippen LogP contribution in [0.5, 0.6) is 0 Å². The molecular weight excluding hydrogens is 316 g/mol. The maximum atomic E-state index is 12.8. The predicted molar refractivity (Wildman–Crippen MR) is 82.9 cm³/mol. The maximum absolute atomic E-state index is 12.8. The molecule has 0 N–H and O–H groups in total. The van der Waals surface area contributed by atoms with Crippen LogP contribution in [0.3, 0.4) is 0 Å². The van der Waals surface area contributed by atoms with Gasteiger partial charge in [0, 0.05) is 22.9 Å². The fourth-order valence-corrected chi connectivity index (χ4v) is 3.08. The number of fused-ring (bicyclic) bond motifs is 1. The third kappa shape index (κ3) is 2.36. The number of nitrogens with zero attached hydrogens (tertiary/aromatic N) is 2. The van der Waals surface area contributed by atoms with Crippen LogP contribution in [0.1, 0.15) is 23.0 Å². The number of hydrogen-bond donors (Lipinski definition) is 0. The molecule has 0 bridgehead atoms. The molecule has 0 spiro atoms. The van der Waals surface area contributed by atoms with Gasteiger partial charge in [-0.05, 0) is 52.0 Å². The molecule has 20 heavy (non-hydrogen) atoms. The lowest BCUT2D eigenvalue weighted by Gasteiger charge is -2.33. The van der Waals surface area contributed by atoms with Crippen LogP contribution < -0.4 is 4.90 Å². The van der Waals surface area contributed by atoms with E-state index in [1.54, 1.807) is 6.20 Å². The van der Waals surface area contributed by atoms with Crippen molar-refractivity contribution in [3.63, 3.8) is 0 Å². The van der Waals surface area contributed by atoms with E-state index in [2.05, 4.69) is 33.9 Å². The molecule has 3 rings (SSSR count). The number of aromatic nitrogens is 1. The maximum Gasteiger partial charge on any atom is 0.278 e. The van der Waals surface area contributed by atoms with Crippen LogP contribution in [0.25, 0.3) is 0 Å². The molecule has 0 fully saturated rings. The van der Waals surface area contributed by atoms with Gasteiger partial charge in [0.25, 0.3) is 5.91 Å². The van der Waals surface area contributed by atoms with Crippen LogP contribution >= 0.6 is 15.9 Å². The van der Waals surface area contributed by atoms with Crippen molar-refractivity contribution in [1.82, 2.24) is 4.98 Å². The van der Waals surface area contributed by atoms with E-state index in [0.717, 1.165) is 23.1 Å². The minimum atomic E-state index is -0.0449. The van der Waals surface area contributed by atoms with Gasteiger partial charge in [-0.25, -0.2) is 4.98 Å². The number of halogens is 1. The van der Waals surface area contributed by atoms with Gasteiger partial charge < -0.3 is 4.90 Å². The predicted octanol–water partition coefficient (Wildman–Crippen LogP) is 3.68. The number of anilines is 1. The normalized spacial score (nSPS) is 17.7. The molecule has 0 radical (unpaired) electrons. The second-order valence-corrected chi connectivity index (χ2v) is 6.04. The molecule has 2 heterocycles. The van der Waals surface area contributed by atoms with E-state index in [1.165, 1.54) is 5.56 Å². The second-order valence-electron chi connectivity index (χ2n) is 5.19. The Balaban J connectivity index is 2.02. The van der Waals surface area contributed by atoms with E-state index < -0.39 is 0 Å².